The number of terminal acetylenes is 1. The molecule has 0 spiro atoms. The van der Waals surface area contributed by atoms with Crippen LogP contribution in [0.1, 0.15) is 12.5 Å². The van der Waals surface area contributed by atoms with Gasteiger partial charge in [0.1, 0.15) is 0 Å². The van der Waals surface area contributed by atoms with E-state index in [1.54, 1.807) is 6.20 Å². The quantitative estimate of drug-likeness (QED) is 0.760. The summed E-state index contributed by atoms with van der Waals surface area (Å²) in [6.07, 6.45) is 6.76. The van der Waals surface area contributed by atoms with Gasteiger partial charge in [0.15, 0.2) is 6.61 Å². The first-order valence-electron chi connectivity index (χ1n) is 6.77. The number of nitrogens with one attached hydrogen (secondary N) is 2. The molecule has 7 heteroatoms. The normalized spacial score (nSPS) is 9.78. The summed E-state index contributed by atoms with van der Waals surface area (Å²) in [5, 5.41) is 5.82. The summed E-state index contributed by atoms with van der Waals surface area (Å²) in [6.45, 7) is 2.11. The summed E-state index contributed by atoms with van der Waals surface area (Å²) >= 11 is 3.30. The van der Waals surface area contributed by atoms with Gasteiger partial charge in [0.2, 0.25) is 17.7 Å². The third-order valence-corrected chi connectivity index (χ3v) is 3.30. The third kappa shape index (κ3) is 5.27. The molecular formula is C16H15BrN4O2. The number of carbonyl (C=O) groups is 1. The molecule has 0 aliphatic rings. The van der Waals surface area contributed by atoms with Crippen LogP contribution in [-0.2, 0) is 11.3 Å². The van der Waals surface area contributed by atoms with Crippen molar-refractivity contribution in [2.75, 3.05) is 11.9 Å². The van der Waals surface area contributed by atoms with Crippen LogP contribution < -0.4 is 15.4 Å². The lowest BCUT2D eigenvalue weighted by Crippen LogP contribution is -2.18. The van der Waals surface area contributed by atoms with Crippen LogP contribution in [0.15, 0.2) is 34.9 Å². The van der Waals surface area contributed by atoms with Crippen molar-refractivity contribution < 1.29 is 9.53 Å². The van der Waals surface area contributed by atoms with E-state index in [2.05, 4.69) is 42.5 Å². The van der Waals surface area contributed by atoms with Gasteiger partial charge in [-0.3, -0.25) is 4.79 Å². The Bertz CT molecular complexity index is 726. The molecule has 118 valence electrons. The highest BCUT2D eigenvalue weighted by Crippen LogP contribution is 2.24. The maximum atomic E-state index is 10.9. The number of benzene rings is 1. The molecule has 0 aliphatic carbocycles. The molecule has 0 saturated heterocycles. The van der Waals surface area contributed by atoms with Gasteiger partial charge in [0.05, 0.1) is 10.7 Å². The Morgan fingerprint density at radius 3 is 2.78 bits per heavy atom. The van der Waals surface area contributed by atoms with Gasteiger partial charge in [-0.15, -0.1) is 6.42 Å². The fraction of sp³-hybridized carbons (Fsp3) is 0.188. The highest BCUT2D eigenvalue weighted by Gasteiger charge is 2.06. The highest BCUT2D eigenvalue weighted by atomic mass is 79.9. The largest absolute Gasteiger partial charge is 0.464 e. The second-order valence-electron chi connectivity index (χ2n) is 4.57. The molecule has 1 amide bonds. The minimum absolute atomic E-state index is 0.0602. The van der Waals surface area contributed by atoms with Gasteiger partial charge in [0.25, 0.3) is 0 Å². The van der Waals surface area contributed by atoms with E-state index in [9.17, 15) is 4.79 Å². The van der Waals surface area contributed by atoms with E-state index >= 15 is 0 Å². The Morgan fingerprint density at radius 2 is 2.13 bits per heavy atom. The smallest absolute Gasteiger partial charge is 0.233 e. The number of nitrogens with zero attached hydrogens (tertiary/aromatic N) is 2. The minimum atomic E-state index is -0.0602. The van der Waals surface area contributed by atoms with Gasteiger partial charge in [-0.25, -0.2) is 4.98 Å². The van der Waals surface area contributed by atoms with Crippen LogP contribution in [0.4, 0.5) is 11.6 Å². The number of amides is 1. The molecule has 0 unspecified atom stereocenters. The van der Waals surface area contributed by atoms with Crippen molar-refractivity contribution in [1.29, 1.82) is 0 Å². The second kappa shape index (κ2) is 8.15. The van der Waals surface area contributed by atoms with Gasteiger partial charge < -0.3 is 15.4 Å². The van der Waals surface area contributed by atoms with Crippen molar-refractivity contribution in [3.05, 3.63) is 40.5 Å². The lowest BCUT2D eigenvalue weighted by Gasteiger charge is -2.09. The first-order chi connectivity index (χ1) is 11.1. The lowest BCUT2D eigenvalue weighted by atomic mass is 10.2. The minimum Gasteiger partial charge on any atom is -0.464 e. The topological polar surface area (TPSA) is 76.1 Å². The van der Waals surface area contributed by atoms with Crippen molar-refractivity contribution in [2.45, 2.75) is 13.5 Å². The molecule has 1 aromatic heterocycles. The number of ether oxygens (including phenoxy) is 1. The first-order valence-corrected chi connectivity index (χ1v) is 7.57. The molecule has 2 rings (SSSR count). The Kier molecular flexibility index (Phi) is 5.94. The van der Waals surface area contributed by atoms with E-state index < -0.39 is 0 Å². The molecule has 0 fully saturated rings. The predicted octanol–water partition coefficient (Wildman–Crippen LogP) is 2.63. The molecule has 23 heavy (non-hydrogen) atoms. The molecule has 0 saturated carbocycles. The van der Waals surface area contributed by atoms with Gasteiger partial charge in [-0.05, 0) is 33.6 Å². The molecule has 1 aromatic carbocycles. The van der Waals surface area contributed by atoms with Crippen LogP contribution in [0.5, 0.6) is 5.88 Å². The Balaban J connectivity index is 2.04. The van der Waals surface area contributed by atoms with Gasteiger partial charge in [-0.1, -0.05) is 18.1 Å². The Morgan fingerprint density at radius 1 is 1.39 bits per heavy atom. The van der Waals surface area contributed by atoms with Crippen LogP contribution in [0, 0.1) is 12.3 Å². The Hall–Kier alpha value is -2.59. The van der Waals surface area contributed by atoms with Crippen LogP contribution >= 0.6 is 15.9 Å². The number of carbonyl (C=O) groups excluding carboxylic acids is 1. The fourth-order valence-corrected chi connectivity index (χ4v) is 1.99. The van der Waals surface area contributed by atoms with E-state index in [0.29, 0.717) is 22.8 Å². The zero-order valence-corrected chi connectivity index (χ0v) is 14.1. The molecule has 0 aliphatic heterocycles. The molecule has 6 nitrogen and oxygen atoms in total. The molecular weight excluding hydrogens is 360 g/mol. The average Bonchev–Trinajstić information content (AvgIpc) is 2.54. The van der Waals surface area contributed by atoms with E-state index in [0.717, 1.165) is 11.3 Å². The lowest BCUT2D eigenvalue weighted by molar-refractivity contribution is -0.119. The number of rotatable bonds is 6. The van der Waals surface area contributed by atoms with Gasteiger partial charge in [0, 0.05) is 19.2 Å². The standard InChI is InChI=1S/C16H15BrN4O2/c1-3-8-23-15-14(17)10-19-16(21-15)20-13-6-4-12(5-7-13)9-18-11(2)22/h1,4-7,10H,8-9H2,2H3,(H,18,22)(H,19,20,21). The predicted molar refractivity (Wildman–Crippen MR) is 91.3 cm³/mol. The summed E-state index contributed by atoms with van der Waals surface area (Å²) in [6, 6.07) is 7.58. The first kappa shape index (κ1) is 16.8. The monoisotopic (exact) mass is 374 g/mol. The van der Waals surface area contributed by atoms with E-state index in [-0.39, 0.29) is 12.5 Å². The van der Waals surface area contributed by atoms with Crippen molar-refractivity contribution in [1.82, 2.24) is 15.3 Å². The summed E-state index contributed by atoms with van der Waals surface area (Å²) in [7, 11) is 0. The van der Waals surface area contributed by atoms with Crippen molar-refractivity contribution >= 4 is 33.5 Å². The number of hydrogen-bond acceptors (Lipinski definition) is 5. The number of anilines is 2. The summed E-state index contributed by atoms with van der Waals surface area (Å²) < 4.78 is 5.95. The highest BCUT2D eigenvalue weighted by molar-refractivity contribution is 9.10. The van der Waals surface area contributed by atoms with Gasteiger partial charge >= 0.3 is 0 Å². The molecule has 0 radical (unpaired) electrons. The number of halogens is 1. The van der Waals surface area contributed by atoms with E-state index in [1.807, 2.05) is 24.3 Å². The van der Waals surface area contributed by atoms with Crippen LogP contribution in [-0.4, -0.2) is 22.5 Å². The Labute approximate surface area is 142 Å². The maximum absolute atomic E-state index is 10.9. The second-order valence-corrected chi connectivity index (χ2v) is 5.43. The van der Waals surface area contributed by atoms with Crippen LogP contribution in [0.3, 0.4) is 0 Å². The number of hydrogen-bond donors (Lipinski definition) is 2. The zero-order valence-electron chi connectivity index (χ0n) is 12.5. The zero-order chi connectivity index (χ0) is 16.7. The molecule has 2 N–H and O–H groups in total. The average molecular weight is 375 g/mol. The maximum Gasteiger partial charge on any atom is 0.233 e. The molecule has 1 heterocycles. The number of aromatic nitrogens is 2. The molecule has 2 aromatic rings. The SMILES string of the molecule is C#CCOc1nc(Nc2ccc(CNC(C)=O)cc2)ncc1Br. The fourth-order valence-electron chi connectivity index (χ4n) is 1.68. The molecule has 0 atom stereocenters. The van der Waals surface area contributed by atoms with Crippen LogP contribution in [0.2, 0.25) is 0 Å². The van der Waals surface area contributed by atoms with Gasteiger partial charge in [-0.2, -0.15) is 4.98 Å². The van der Waals surface area contributed by atoms with Crippen molar-refractivity contribution in [3.63, 3.8) is 0 Å². The third-order valence-electron chi connectivity index (χ3n) is 2.76. The van der Waals surface area contributed by atoms with E-state index in [4.69, 9.17) is 11.2 Å². The van der Waals surface area contributed by atoms with Crippen LogP contribution in [0.25, 0.3) is 0 Å². The van der Waals surface area contributed by atoms with Crippen molar-refractivity contribution in [3.8, 4) is 18.2 Å². The summed E-state index contributed by atoms with van der Waals surface area (Å²) in [4.78, 5) is 19.3. The summed E-state index contributed by atoms with van der Waals surface area (Å²) in [5.74, 6) is 3.10. The van der Waals surface area contributed by atoms with E-state index in [1.165, 1.54) is 6.92 Å². The van der Waals surface area contributed by atoms with Crippen molar-refractivity contribution in [2.24, 2.45) is 0 Å². The summed E-state index contributed by atoms with van der Waals surface area (Å²) in [5.41, 5.74) is 1.82. The molecule has 0 bridgehead atoms.